The number of aromatic nitrogens is 2. The first kappa shape index (κ1) is 11.1. The number of H-pyrrole nitrogens is 1. The van der Waals surface area contributed by atoms with Crippen LogP contribution in [0.15, 0.2) is 42.7 Å². The third-order valence-corrected chi connectivity index (χ3v) is 3.33. The van der Waals surface area contributed by atoms with Crippen molar-refractivity contribution in [2.75, 3.05) is 7.11 Å². The zero-order chi connectivity index (χ0) is 12.5. The van der Waals surface area contributed by atoms with Crippen LogP contribution in [0.3, 0.4) is 0 Å². The Kier molecular flexibility index (Phi) is 2.68. The van der Waals surface area contributed by atoms with Crippen molar-refractivity contribution >= 4 is 22.6 Å². The Bertz CT molecular complexity index is 689. The van der Waals surface area contributed by atoms with Gasteiger partial charge in [-0.3, -0.25) is 0 Å². The van der Waals surface area contributed by atoms with Gasteiger partial charge in [-0.15, -0.1) is 0 Å². The van der Waals surface area contributed by atoms with E-state index in [0.29, 0.717) is 5.02 Å². The van der Waals surface area contributed by atoms with Crippen LogP contribution in [0.1, 0.15) is 0 Å². The average molecular weight is 259 g/mol. The van der Waals surface area contributed by atoms with E-state index in [-0.39, 0.29) is 0 Å². The standard InChI is InChI=1S/C14H11ClN2O/c1-18-10-4-2-9(3-5-10)12-8-17-14-11(13(12)15)6-7-16-14/h2-8H,1H3,(H,16,17). The van der Waals surface area contributed by atoms with Gasteiger partial charge < -0.3 is 9.72 Å². The molecule has 2 aromatic heterocycles. The maximum absolute atomic E-state index is 6.40. The lowest BCUT2D eigenvalue weighted by Crippen LogP contribution is -1.86. The number of rotatable bonds is 2. The summed E-state index contributed by atoms with van der Waals surface area (Å²) in [4.78, 5) is 7.39. The molecule has 0 aliphatic heterocycles. The third kappa shape index (κ3) is 1.73. The molecule has 3 nitrogen and oxygen atoms in total. The number of hydrogen-bond donors (Lipinski definition) is 1. The second kappa shape index (κ2) is 4.35. The lowest BCUT2D eigenvalue weighted by Gasteiger charge is -2.06. The van der Waals surface area contributed by atoms with Crippen LogP contribution in [0.2, 0.25) is 5.02 Å². The molecule has 0 atom stereocenters. The fraction of sp³-hybridized carbons (Fsp3) is 0.0714. The van der Waals surface area contributed by atoms with E-state index < -0.39 is 0 Å². The highest BCUT2D eigenvalue weighted by Crippen LogP contribution is 2.33. The predicted octanol–water partition coefficient (Wildman–Crippen LogP) is 3.89. The first-order valence-corrected chi connectivity index (χ1v) is 5.93. The summed E-state index contributed by atoms with van der Waals surface area (Å²) in [6.07, 6.45) is 3.62. The monoisotopic (exact) mass is 258 g/mol. The number of fused-ring (bicyclic) bond motifs is 1. The van der Waals surface area contributed by atoms with Crippen molar-refractivity contribution < 1.29 is 4.74 Å². The van der Waals surface area contributed by atoms with E-state index in [1.54, 1.807) is 13.3 Å². The van der Waals surface area contributed by atoms with Crippen LogP contribution < -0.4 is 4.74 Å². The summed E-state index contributed by atoms with van der Waals surface area (Å²) in [5.74, 6) is 0.825. The van der Waals surface area contributed by atoms with Gasteiger partial charge in [-0.05, 0) is 23.8 Å². The number of ether oxygens (including phenoxy) is 1. The second-order valence-electron chi connectivity index (χ2n) is 3.95. The Morgan fingerprint density at radius 1 is 1.17 bits per heavy atom. The fourth-order valence-corrected chi connectivity index (χ4v) is 2.26. The van der Waals surface area contributed by atoms with Crippen LogP contribution in [0.4, 0.5) is 0 Å². The molecule has 0 unspecified atom stereocenters. The number of pyridine rings is 1. The minimum absolute atomic E-state index is 0.714. The van der Waals surface area contributed by atoms with Crippen molar-refractivity contribution in [3.8, 4) is 16.9 Å². The van der Waals surface area contributed by atoms with Crippen molar-refractivity contribution in [2.45, 2.75) is 0 Å². The van der Waals surface area contributed by atoms with E-state index >= 15 is 0 Å². The van der Waals surface area contributed by atoms with Crippen molar-refractivity contribution in [3.05, 3.63) is 47.7 Å². The van der Waals surface area contributed by atoms with E-state index in [9.17, 15) is 0 Å². The first-order valence-electron chi connectivity index (χ1n) is 5.55. The zero-order valence-corrected chi connectivity index (χ0v) is 10.5. The lowest BCUT2D eigenvalue weighted by atomic mass is 10.1. The van der Waals surface area contributed by atoms with Crippen LogP contribution in [-0.4, -0.2) is 17.1 Å². The summed E-state index contributed by atoms with van der Waals surface area (Å²) in [7, 11) is 1.65. The molecule has 0 saturated heterocycles. The summed E-state index contributed by atoms with van der Waals surface area (Å²) < 4.78 is 5.14. The van der Waals surface area contributed by atoms with Gasteiger partial charge in [0.15, 0.2) is 0 Å². The Morgan fingerprint density at radius 2 is 1.94 bits per heavy atom. The average Bonchev–Trinajstić information content (AvgIpc) is 2.89. The molecule has 0 spiro atoms. The van der Waals surface area contributed by atoms with Gasteiger partial charge in [0.25, 0.3) is 0 Å². The summed E-state index contributed by atoms with van der Waals surface area (Å²) in [5, 5.41) is 1.65. The van der Waals surface area contributed by atoms with Crippen LogP contribution in [0, 0.1) is 0 Å². The SMILES string of the molecule is COc1ccc(-c2cnc3[nH]ccc3c2Cl)cc1. The molecule has 0 amide bonds. The highest BCUT2D eigenvalue weighted by atomic mass is 35.5. The largest absolute Gasteiger partial charge is 0.497 e. The molecule has 1 aromatic carbocycles. The minimum atomic E-state index is 0.714. The molecule has 0 fully saturated rings. The Hall–Kier alpha value is -2.00. The predicted molar refractivity (Wildman–Crippen MR) is 73.1 cm³/mol. The summed E-state index contributed by atoms with van der Waals surface area (Å²) in [6, 6.07) is 9.69. The van der Waals surface area contributed by atoms with Crippen LogP contribution in [-0.2, 0) is 0 Å². The molecule has 1 N–H and O–H groups in total. The topological polar surface area (TPSA) is 37.9 Å². The molecule has 0 saturated carbocycles. The summed E-state index contributed by atoms with van der Waals surface area (Å²) in [6.45, 7) is 0. The molecular weight excluding hydrogens is 248 g/mol. The first-order chi connectivity index (χ1) is 8.79. The van der Waals surface area contributed by atoms with Crippen LogP contribution >= 0.6 is 11.6 Å². The Morgan fingerprint density at radius 3 is 2.67 bits per heavy atom. The van der Waals surface area contributed by atoms with Crippen molar-refractivity contribution in [1.82, 2.24) is 9.97 Å². The number of nitrogens with zero attached hydrogens (tertiary/aromatic N) is 1. The van der Waals surface area contributed by atoms with Gasteiger partial charge >= 0.3 is 0 Å². The maximum Gasteiger partial charge on any atom is 0.138 e. The normalized spacial score (nSPS) is 10.8. The molecule has 0 aliphatic rings. The number of nitrogens with one attached hydrogen (secondary N) is 1. The maximum atomic E-state index is 6.40. The van der Waals surface area contributed by atoms with E-state index in [2.05, 4.69) is 9.97 Å². The van der Waals surface area contributed by atoms with Gasteiger partial charge in [-0.1, -0.05) is 23.7 Å². The van der Waals surface area contributed by atoms with E-state index in [4.69, 9.17) is 16.3 Å². The van der Waals surface area contributed by atoms with Gasteiger partial charge in [-0.2, -0.15) is 0 Å². The molecule has 3 aromatic rings. The second-order valence-corrected chi connectivity index (χ2v) is 4.33. The van der Waals surface area contributed by atoms with Crippen molar-refractivity contribution in [2.24, 2.45) is 0 Å². The molecule has 0 bridgehead atoms. The van der Waals surface area contributed by atoms with Gasteiger partial charge in [0, 0.05) is 23.3 Å². The highest BCUT2D eigenvalue weighted by molar-refractivity contribution is 6.37. The number of halogens is 1. The fourth-order valence-electron chi connectivity index (χ4n) is 1.95. The smallest absolute Gasteiger partial charge is 0.138 e. The van der Waals surface area contributed by atoms with Gasteiger partial charge in [0.05, 0.1) is 12.1 Å². The molecule has 0 radical (unpaired) electrons. The minimum Gasteiger partial charge on any atom is -0.497 e. The van der Waals surface area contributed by atoms with Crippen molar-refractivity contribution in [1.29, 1.82) is 0 Å². The van der Waals surface area contributed by atoms with E-state index in [0.717, 1.165) is 27.9 Å². The lowest BCUT2D eigenvalue weighted by molar-refractivity contribution is 0.415. The zero-order valence-electron chi connectivity index (χ0n) is 9.77. The molecule has 90 valence electrons. The quantitative estimate of drug-likeness (QED) is 0.757. The summed E-state index contributed by atoms with van der Waals surface area (Å²) >= 11 is 6.40. The number of benzene rings is 1. The van der Waals surface area contributed by atoms with Crippen LogP contribution in [0.5, 0.6) is 5.75 Å². The molecule has 0 aliphatic carbocycles. The molecule has 4 heteroatoms. The van der Waals surface area contributed by atoms with E-state index in [1.807, 2.05) is 36.5 Å². The van der Waals surface area contributed by atoms with Gasteiger partial charge in [0.1, 0.15) is 11.4 Å². The number of methoxy groups -OCH3 is 1. The Labute approximate surface area is 109 Å². The van der Waals surface area contributed by atoms with Crippen LogP contribution in [0.25, 0.3) is 22.2 Å². The van der Waals surface area contributed by atoms with Gasteiger partial charge in [-0.25, -0.2) is 4.98 Å². The molecule has 18 heavy (non-hydrogen) atoms. The number of aromatic amines is 1. The highest BCUT2D eigenvalue weighted by Gasteiger charge is 2.09. The Balaban J connectivity index is 2.15. The number of hydrogen-bond acceptors (Lipinski definition) is 2. The molecule has 3 rings (SSSR count). The third-order valence-electron chi connectivity index (χ3n) is 2.92. The van der Waals surface area contributed by atoms with E-state index in [1.165, 1.54) is 0 Å². The van der Waals surface area contributed by atoms with Crippen molar-refractivity contribution in [3.63, 3.8) is 0 Å². The summed E-state index contributed by atoms with van der Waals surface area (Å²) in [5.41, 5.74) is 2.75. The molecule has 2 heterocycles. The van der Waals surface area contributed by atoms with Gasteiger partial charge in [0.2, 0.25) is 0 Å². The molecular formula is C14H11ClN2O.